The number of carbonyl (C=O) groups excluding carboxylic acids is 1. The highest BCUT2D eigenvalue weighted by Crippen LogP contribution is 2.21. The van der Waals surface area contributed by atoms with Crippen molar-refractivity contribution in [3.63, 3.8) is 0 Å². The molecule has 0 aliphatic carbocycles. The lowest BCUT2D eigenvalue weighted by Gasteiger charge is -2.35. The highest BCUT2D eigenvalue weighted by molar-refractivity contribution is 7.89. The second kappa shape index (κ2) is 8.97. The van der Waals surface area contributed by atoms with Gasteiger partial charge in [-0.15, -0.1) is 0 Å². The minimum atomic E-state index is -3.24. The first kappa shape index (κ1) is 20.0. The van der Waals surface area contributed by atoms with E-state index in [1.165, 1.54) is 4.31 Å². The molecule has 27 heavy (non-hydrogen) atoms. The normalized spacial score (nSPS) is 22.6. The van der Waals surface area contributed by atoms with Gasteiger partial charge in [-0.3, -0.25) is 4.79 Å². The van der Waals surface area contributed by atoms with Crippen LogP contribution >= 0.6 is 0 Å². The fourth-order valence-electron chi connectivity index (χ4n) is 3.79. The molecule has 0 aromatic carbocycles. The van der Waals surface area contributed by atoms with Crippen molar-refractivity contribution in [2.24, 2.45) is 5.92 Å². The lowest BCUT2D eigenvalue weighted by molar-refractivity contribution is -0.126. The average Bonchev–Trinajstić information content (AvgIpc) is 2.69. The number of anilines is 1. The van der Waals surface area contributed by atoms with Crippen molar-refractivity contribution in [3.05, 3.63) is 18.5 Å². The molecule has 0 saturated carbocycles. The lowest BCUT2D eigenvalue weighted by atomic mass is 9.97. The fourth-order valence-corrected chi connectivity index (χ4v) is 5.38. The summed E-state index contributed by atoms with van der Waals surface area (Å²) in [5.41, 5.74) is 0. The Bertz CT molecular complexity index is 720. The first-order chi connectivity index (χ1) is 13.0. The van der Waals surface area contributed by atoms with Gasteiger partial charge in [-0.2, -0.15) is 0 Å². The van der Waals surface area contributed by atoms with E-state index in [1.54, 1.807) is 18.5 Å². The zero-order valence-electron chi connectivity index (χ0n) is 15.9. The van der Waals surface area contributed by atoms with Crippen molar-refractivity contribution in [2.75, 3.05) is 36.8 Å². The first-order valence-corrected chi connectivity index (χ1v) is 11.4. The maximum absolute atomic E-state index is 12.7. The van der Waals surface area contributed by atoms with E-state index in [0.29, 0.717) is 19.5 Å². The number of rotatable bonds is 6. The summed E-state index contributed by atoms with van der Waals surface area (Å²) >= 11 is 0. The van der Waals surface area contributed by atoms with Gasteiger partial charge in [0.15, 0.2) is 0 Å². The van der Waals surface area contributed by atoms with E-state index < -0.39 is 10.0 Å². The summed E-state index contributed by atoms with van der Waals surface area (Å²) in [5.74, 6) is 0.620. The van der Waals surface area contributed by atoms with E-state index in [2.05, 4.69) is 20.2 Å². The molecule has 0 radical (unpaired) electrons. The molecule has 3 rings (SSSR count). The predicted molar refractivity (Wildman–Crippen MR) is 104 cm³/mol. The molecule has 1 N–H and O–H groups in total. The van der Waals surface area contributed by atoms with Gasteiger partial charge in [0.25, 0.3) is 0 Å². The van der Waals surface area contributed by atoms with Crippen molar-refractivity contribution in [1.82, 2.24) is 19.6 Å². The van der Waals surface area contributed by atoms with Crippen LogP contribution in [0.25, 0.3) is 0 Å². The van der Waals surface area contributed by atoms with Crippen molar-refractivity contribution >= 4 is 21.9 Å². The number of aromatic nitrogens is 2. The second-order valence-electron chi connectivity index (χ2n) is 7.33. The van der Waals surface area contributed by atoms with E-state index in [1.807, 2.05) is 6.92 Å². The molecule has 3 heterocycles. The summed E-state index contributed by atoms with van der Waals surface area (Å²) in [7, 11) is -3.24. The van der Waals surface area contributed by atoms with Crippen molar-refractivity contribution in [3.8, 4) is 0 Å². The average molecular weight is 396 g/mol. The van der Waals surface area contributed by atoms with Gasteiger partial charge in [-0.1, -0.05) is 6.92 Å². The third-order valence-electron chi connectivity index (χ3n) is 5.29. The SMILES string of the molecule is CCCS(=O)(=O)N1CCC[C@H](C(=O)NC2CCN(c3ncccn3)CC2)C1. The molecule has 0 spiro atoms. The number of hydrogen-bond acceptors (Lipinski definition) is 6. The molecule has 2 aliphatic heterocycles. The number of hydrogen-bond donors (Lipinski definition) is 1. The third kappa shape index (κ3) is 5.16. The summed E-state index contributed by atoms with van der Waals surface area (Å²) in [4.78, 5) is 23.4. The highest BCUT2D eigenvalue weighted by Gasteiger charge is 2.33. The van der Waals surface area contributed by atoms with E-state index in [9.17, 15) is 13.2 Å². The molecular weight excluding hydrogens is 366 g/mol. The van der Waals surface area contributed by atoms with Gasteiger partial charge in [0.1, 0.15) is 0 Å². The monoisotopic (exact) mass is 395 g/mol. The molecule has 2 fully saturated rings. The van der Waals surface area contributed by atoms with Gasteiger partial charge in [0, 0.05) is 44.6 Å². The Hall–Kier alpha value is -1.74. The van der Waals surface area contributed by atoms with Crippen LogP contribution in [0.3, 0.4) is 0 Å². The van der Waals surface area contributed by atoms with Crippen LogP contribution in [-0.4, -0.2) is 66.6 Å². The van der Waals surface area contributed by atoms with Crippen molar-refractivity contribution in [1.29, 1.82) is 0 Å². The Balaban J connectivity index is 1.49. The molecule has 9 heteroatoms. The molecule has 0 bridgehead atoms. The molecular formula is C18H29N5O3S. The summed E-state index contributed by atoms with van der Waals surface area (Å²) in [6.07, 6.45) is 7.24. The number of sulfonamides is 1. The maximum Gasteiger partial charge on any atom is 0.225 e. The van der Waals surface area contributed by atoms with Gasteiger partial charge in [0.2, 0.25) is 21.9 Å². The van der Waals surface area contributed by atoms with Crippen molar-refractivity contribution < 1.29 is 13.2 Å². The van der Waals surface area contributed by atoms with Gasteiger partial charge in [0.05, 0.1) is 11.7 Å². The number of amides is 1. The molecule has 8 nitrogen and oxygen atoms in total. The summed E-state index contributed by atoms with van der Waals surface area (Å²) in [6, 6.07) is 1.92. The molecule has 1 atom stereocenters. The fraction of sp³-hybridized carbons (Fsp3) is 0.722. The summed E-state index contributed by atoms with van der Waals surface area (Å²) < 4.78 is 26.1. The number of nitrogens with zero attached hydrogens (tertiary/aromatic N) is 4. The molecule has 2 aliphatic rings. The molecule has 1 aromatic rings. The minimum absolute atomic E-state index is 0.0131. The van der Waals surface area contributed by atoms with E-state index in [-0.39, 0.29) is 23.6 Å². The summed E-state index contributed by atoms with van der Waals surface area (Å²) in [5, 5.41) is 3.14. The predicted octanol–water partition coefficient (Wildman–Crippen LogP) is 1.01. The minimum Gasteiger partial charge on any atom is -0.353 e. The van der Waals surface area contributed by atoms with Crippen LogP contribution in [0.1, 0.15) is 39.0 Å². The van der Waals surface area contributed by atoms with Crippen LogP contribution < -0.4 is 10.2 Å². The highest BCUT2D eigenvalue weighted by atomic mass is 32.2. The quantitative estimate of drug-likeness (QED) is 0.772. The van der Waals surface area contributed by atoms with Crippen LogP contribution in [0.15, 0.2) is 18.5 Å². The van der Waals surface area contributed by atoms with Gasteiger partial charge < -0.3 is 10.2 Å². The summed E-state index contributed by atoms with van der Waals surface area (Å²) in [6.45, 7) is 4.30. The second-order valence-corrected chi connectivity index (χ2v) is 9.42. The smallest absolute Gasteiger partial charge is 0.225 e. The van der Waals surface area contributed by atoms with Gasteiger partial charge >= 0.3 is 0 Å². The number of nitrogens with one attached hydrogen (secondary N) is 1. The molecule has 1 amide bonds. The van der Waals surface area contributed by atoms with Crippen LogP contribution in [0.2, 0.25) is 0 Å². The topological polar surface area (TPSA) is 95.5 Å². The zero-order valence-corrected chi connectivity index (χ0v) is 16.7. The lowest BCUT2D eigenvalue weighted by Crippen LogP contribution is -2.50. The number of piperidine rings is 2. The standard InChI is InChI=1S/C18H29N5O3S/c1-2-13-27(25,26)23-10-3-5-15(14-23)17(24)21-16-6-11-22(12-7-16)18-19-8-4-9-20-18/h4,8-9,15-16H,2-3,5-7,10-14H2,1H3,(H,21,24)/t15-/m0/s1. The van der Waals surface area contributed by atoms with E-state index in [0.717, 1.165) is 44.7 Å². The van der Waals surface area contributed by atoms with Gasteiger partial charge in [-0.25, -0.2) is 22.7 Å². The Morgan fingerprint density at radius 1 is 1.19 bits per heavy atom. The maximum atomic E-state index is 12.7. The van der Waals surface area contributed by atoms with Crippen molar-refractivity contribution in [2.45, 2.75) is 45.1 Å². The van der Waals surface area contributed by atoms with E-state index in [4.69, 9.17) is 0 Å². The van der Waals surface area contributed by atoms with Crippen LogP contribution in [-0.2, 0) is 14.8 Å². The Morgan fingerprint density at radius 2 is 1.89 bits per heavy atom. The largest absolute Gasteiger partial charge is 0.353 e. The molecule has 150 valence electrons. The van der Waals surface area contributed by atoms with Crippen LogP contribution in [0.4, 0.5) is 5.95 Å². The van der Waals surface area contributed by atoms with E-state index >= 15 is 0 Å². The first-order valence-electron chi connectivity index (χ1n) is 9.79. The Morgan fingerprint density at radius 3 is 2.56 bits per heavy atom. The van der Waals surface area contributed by atoms with Crippen LogP contribution in [0.5, 0.6) is 0 Å². The molecule has 1 aromatic heterocycles. The number of carbonyl (C=O) groups is 1. The van der Waals surface area contributed by atoms with Crippen LogP contribution in [0, 0.1) is 5.92 Å². The Labute approximate surface area is 161 Å². The zero-order chi connectivity index (χ0) is 19.3. The Kier molecular flexibility index (Phi) is 6.64. The molecule has 2 saturated heterocycles. The van der Waals surface area contributed by atoms with Gasteiger partial charge in [-0.05, 0) is 38.2 Å². The molecule has 0 unspecified atom stereocenters. The third-order valence-corrected chi connectivity index (χ3v) is 7.33.